The van der Waals surface area contributed by atoms with Crippen LogP contribution >= 0.6 is 11.8 Å². The van der Waals surface area contributed by atoms with Crippen molar-refractivity contribution in [3.8, 4) is 0 Å². The number of hydrogen-bond donors (Lipinski definition) is 1. The molecule has 2 aliphatic heterocycles. The predicted octanol–water partition coefficient (Wildman–Crippen LogP) is 2.90. The van der Waals surface area contributed by atoms with Gasteiger partial charge in [-0.25, -0.2) is 0 Å². The molecule has 21 heavy (non-hydrogen) atoms. The molecule has 3 heterocycles. The van der Waals surface area contributed by atoms with Gasteiger partial charge in [-0.3, -0.25) is 4.98 Å². The van der Waals surface area contributed by atoms with Crippen LogP contribution in [0.4, 0.5) is 0 Å². The van der Waals surface area contributed by atoms with Gasteiger partial charge in [0.05, 0.1) is 5.60 Å². The molecular weight excluding hydrogens is 280 g/mol. The first-order valence-corrected chi connectivity index (χ1v) is 9.25. The fourth-order valence-electron chi connectivity index (χ4n) is 3.78. The molecule has 0 amide bonds. The van der Waals surface area contributed by atoms with Crippen LogP contribution in [0.3, 0.4) is 0 Å². The van der Waals surface area contributed by atoms with Gasteiger partial charge in [0.15, 0.2) is 0 Å². The van der Waals surface area contributed by atoms with Gasteiger partial charge in [-0.1, -0.05) is 6.07 Å². The summed E-state index contributed by atoms with van der Waals surface area (Å²) in [6.07, 6.45) is 9.78. The van der Waals surface area contributed by atoms with E-state index < -0.39 is 0 Å². The SMILES string of the molecule is CNC(Cc1cccnc1)C1CCOC2(CCSCC2)C1. The fraction of sp³-hybridized carbons (Fsp3) is 0.706. The fourth-order valence-corrected chi connectivity index (χ4v) is 5.01. The van der Waals surface area contributed by atoms with Crippen molar-refractivity contribution in [2.45, 2.75) is 43.7 Å². The molecule has 1 N–H and O–H groups in total. The zero-order valence-electron chi connectivity index (χ0n) is 12.9. The minimum atomic E-state index is 0.179. The monoisotopic (exact) mass is 306 g/mol. The Labute approximate surface area is 132 Å². The Morgan fingerprint density at radius 1 is 1.48 bits per heavy atom. The maximum absolute atomic E-state index is 6.23. The molecule has 0 bridgehead atoms. The lowest BCUT2D eigenvalue weighted by atomic mass is 9.77. The van der Waals surface area contributed by atoms with E-state index in [1.807, 2.05) is 18.5 Å². The Kier molecular flexibility index (Phi) is 5.19. The number of rotatable bonds is 4. The van der Waals surface area contributed by atoms with Crippen molar-refractivity contribution < 1.29 is 4.74 Å². The van der Waals surface area contributed by atoms with Crippen LogP contribution in [0.25, 0.3) is 0 Å². The molecule has 0 radical (unpaired) electrons. The summed E-state index contributed by atoms with van der Waals surface area (Å²) in [6, 6.07) is 4.75. The summed E-state index contributed by atoms with van der Waals surface area (Å²) >= 11 is 2.08. The molecule has 116 valence electrons. The summed E-state index contributed by atoms with van der Waals surface area (Å²) in [5.41, 5.74) is 1.51. The van der Waals surface area contributed by atoms with Crippen molar-refractivity contribution in [3.63, 3.8) is 0 Å². The molecule has 2 atom stereocenters. The standard InChI is InChI=1S/C17H26N2OS/c1-18-16(11-14-3-2-7-19-13-14)15-4-8-20-17(12-15)5-9-21-10-6-17/h2-3,7,13,15-16,18H,4-6,8-12H2,1H3. The largest absolute Gasteiger partial charge is 0.375 e. The summed E-state index contributed by atoms with van der Waals surface area (Å²) in [5, 5.41) is 3.55. The molecule has 4 heteroatoms. The van der Waals surface area contributed by atoms with Crippen LogP contribution in [0.15, 0.2) is 24.5 Å². The van der Waals surface area contributed by atoms with E-state index in [9.17, 15) is 0 Å². The molecule has 0 aliphatic carbocycles. The minimum absolute atomic E-state index is 0.179. The maximum Gasteiger partial charge on any atom is 0.0701 e. The van der Waals surface area contributed by atoms with Gasteiger partial charge < -0.3 is 10.1 Å². The quantitative estimate of drug-likeness (QED) is 0.927. The zero-order valence-corrected chi connectivity index (χ0v) is 13.7. The number of pyridine rings is 1. The van der Waals surface area contributed by atoms with Crippen LogP contribution in [-0.2, 0) is 11.2 Å². The topological polar surface area (TPSA) is 34.2 Å². The van der Waals surface area contributed by atoms with E-state index in [1.165, 1.54) is 42.8 Å². The number of aromatic nitrogens is 1. The van der Waals surface area contributed by atoms with Crippen molar-refractivity contribution in [1.29, 1.82) is 0 Å². The second-order valence-electron chi connectivity index (χ2n) is 6.36. The lowest BCUT2D eigenvalue weighted by Gasteiger charge is -2.45. The summed E-state index contributed by atoms with van der Waals surface area (Å²) in [4.78, 5) is 4.25. The highest BCUT2D eigenvalue weighted by molar-refractivity contribution is 7.99. The Balaban J connectivity index is 1.65. The van der Waals surface area contributed by atoms with Crippen LogP contribution in [0.5, 0.6) is 0 Å². The van der Waals surface area contributed by atoms with Crippen molar-refractivity contribution in [2.75, 3.05) is 25.2 Å². The number of ether oxygens (including phenoxy) is 1. The average molecular weight is 306 g/mol. The van der Waals surface area contributed by atoms with Gasteiger partial charge in [0.2, 0.25) is 0 Å². The zero-order chi connectivity index (χ0) is 14.5. The number of nitrogens with one attached hydrogen (secondary N) is 1. The van der Waals surface area contributed by atoms with E-state index in [2.05, 4.69) is 35.2 Å². The summed E-state index contributed by atoms with van der Waals surface area (Å²) in [6.45, 7) is 0.931. The molecule has 0 aromatic carbocycles. The van der Waals surface area contributed by atoms with Crippen molar-refractivity contribution in [1.82, 2.24) is 10.3 Å². The highest BCUT2D eigenvalue weighted by Gasteiger charge is 2.40. The Morgan fingerprint density at radius 2 is 2.33 bits per heavy atom. The normalized spacial score (nSPS) is 26.6. The molecular formula is C17H26N2OS. The molecule has 2 unspecified atom stereocenters. The van der Waals surface area contributed by atoms with Gasteiger partial charge in [-0.15, -0.1) is 0 Å². The van der Waals surface area contributed by atoms with E-state index in [0.29, 0.717) is 12.0 Å². The average Bonchev–Trinajstić information content (AvgIpc) is 2.54. The van der Waals surface area contributed by atoms with Gasteiger partial charge in [-0.05, 0) is 68.2 Å². The summed E-state index contributed by atoms with van der Waals surface area (Å²) in [7, 11) is 2.10. The maximum atomic E-state index is 6.23. The molecule has 1 aromatic heterocycles. The number of likely N-dealkylation sites (N-methyl/N-ethyl adjacent to an activating group) is 1. The van der Waals surface area contributed by atoms with E-state index in [-0.39, 0.29) is 5.60 Å². The van der Waals surface area contributed by atoms with Gasteiger partial charge >= 0.3 is 0 Å². The summed E-state index contributed by atoms with van der Waals surface area (Å²) < 4.78 is 6.23. The van der Waals surface area contributed by atoms with Gasteiger partial charge in [0, 0.05) is 25.0 Å². The van der Waals surface area contributed by atoms with Gasteiger partial charge in [0.1, 0.15) is 0 Å². The number of hydrogen-bond acceptors (Lipinski definition) is 4. The first-order valence-electron chi connectivity index (χ1n) is 8.09. The predicted molar refractivity (Wildman–Crippen MR) is 88.8 cm³/mol. The molecule has 1 aromatic rings. The minimum Gasteiger partial charge on any atom is -0.375 e. The first-order chi connectivity index (χ1) is 10.3. The second-order valence-corrected chi connectivity index (χ2v) is 7.58. The Hall–Kier alpha value is -0.580. The lowest BCUT2D eigenvalue weighted by molar-refractivity contribution is -0.107. The second kappa shape index (κ2) is 7.12. The molecule has 1 spiro atoms. The molecule has 3 nitrogen and oxygen atoms in total. The van der Waals surface area contributed by atoms with Gasteiger partial charge in [-0.2, -0.15) is 11.8 Å². The third-order valence-electron chi connectivity index (χ3n) is 5.05. The molecule has 2 saturated heterocycles. The van der Waals surface area contributed by atoms with E-state index in [0.717, 1.165) is 13.0 Å². The van der Waals surface area contributed by atoms with Crippen LogP contribution < -0.4 is 5.32 Å². The smallest absolute Gasteiger partial charge is 0.0701 e. The van der Waals surface area contributed by atoms with Crippen molar-refractivity contribution >= 4 is 11.8 Å². The molecule has 2 fully saturated rings. The van der Waals surface area contributed by atoms with E-state index in [1.54, 1.807) is 0 Å². The Morgan fingerprint density at radius 3 is 3.05 bits per heavy atom. The third kappa shape index (κ3) is 3.79. The molecule has 3 rings (SSSR count). The number of nitrogens with zero attached hydrogens (tertiary/aromatic N) is 1. The molecule has 2 aliphatic rings. The van der Waals surface area contributed by atoms with Crippen LogP contribution in [-0.4, -0.2) is 41.8 Å². The van der Waals surface area contributed by atoms with Crippen LogP contribution in [0.2, 0.25) is 0 Å². The summed E-state index contributed by atoms with van der Waals surface area (Å²) in [5.74, 6) is 3.24. The number of thioether (sulfide) groups is 1. The van der Waals surface area contributed by atoms with Crippen molar-refractivity contribution in [3.05, 3.63) is 30.1 Å². The third-order valence-corrected chi connectivity index (χ3v) is 6.04. The highest BCUT2D eigenvalue weighted by Crippen LogP contribution is 2.41. The van der Waals surface area contributed by atoms with E-state index >= 15 is 0 Å². The Bertz CT molecular complexity index is 428. The lowest BCUT2D eigenvalue weighted by Crippen LogP contribution is -2.48. The van der Waals surface area contributed by atoms with Crippen LogP contribution in [0, 0.1) is 5.92 Å². The van der Waals surface area contributed by atoms with Crippen LogP contribution in [0.1, 0.15) is 31.2 Å². The van der Waals surface area contributed by atoms with Gasteiger partial charge in [0.25, 0.3) is 0 Å². The van der Waals surface area contributed by atoms with E-state index in [4.69, 9.17) is 4.74 Å². The first kappa shape index (κ1) is 15.3. The molecule has 0 saturated carbocycles. The highest BCUT2D eigenvalue weighted by atomic mass is 32.2. The van der Waals surface area contributed by atoms with Crippen molar-refractivity contribution in [2.24, 2.45) is 5.92 Å².